The second kappa shape index (κ2) is 6.04. The third-order valence-corrected chi connectivity index (χ3v) is 3.80. The summed E-state index contributed by atoms with van der Waals surface area (Å²) in [6.07, 6.45) is 4.71. The first-order chi connectivity index (χ1) is 10.2. The molecule has 1 atom stereocenters. The van der Waals surface area contributed by atoms with Crippen molar-refractivity contribution in [2.45, 2.75) is 32.2 Å². The molecule has 1 aliphatic rings. The number of benzene rings is 1. The summed E-state index contributed by atoms with van der Waals surface area (Å²) in [5.41, 5.74) is 2.26. The molecule has 0 fully saturated rings. The Morgan fingerprint density at radius 1 is 1.38 bits per heavy atom. The van der Waals surface area contributed by atoms with Crippen LogP contribution < -0.4 is 10.1 Å². The lowest BCUT2D eigenvalue weighted by Gasteiger charge is -2.23. The number of amides is 1. The number of carbonyl (C=O) groups excluding carboxylic acids is 1. The van der Waals surface area contributed by atoms with Crippen molar-refractivity contribution in [2.75, 3.05) is 6.61 Å². The fraction of sp³-hybridized carbons (Fsp3) is 0.353. The van der Waals surface area contributed by atoms with Crippen LogP contribution in [-0.2, 0) is 11.2 Å². The van der Waals surface area contributed by atoms with E-state index < -0.39 is 0 Å². The maximum absolute atomic E-state index is 12.1. The molecule has 4 nitrogen and oxygen atoms in total. The summed E-state index contributed by atoms with van der Waals surface area (Å²) in [5, 5.41) is 3.05. The summed E-state index contributed by atoms with van der Waals surface area (Å²) in [5.74, 6) is 1.61. The minimum Gasteiger partial charge on any atom is -0.484 e. The molecule has 0 bridgehead atoms. The number of furan rings is 1. The summed E-state index contributed by atoms with van der Waals surface area (Å²) < 4.78 is 11.0. The van der Waals surface area contributed by atoms with E-state index in [1.54, 1.807) is 6.26 Å². The Morgan fingerprint density at radius 2 is 2.19 bits per heavy atom. The van der Waals surface area contributed by atoms with Crippen LogP contribution >= 0.6 is 0 Å². The molecule has 0 aliphatic heterocycles. The SMILES string of the molecule is Cc1coc2c1C(NC(=O)COc1ccccc1)CCC2. The minimum absolute atomic E-state index is 0.0345. The Hall–Kier alpha value is -2.23. The second-order valence-electron chi connectivity index (χ2n) is 5.37. The molecule has 1 aliphatic carbocycles. The topological polar surface area (TPSA) is 51.5 Å². The van der Waals surface area contributed by atoms with E-state index in [1.807, 2.05) is 37.3 Å². The van der Waals surface area contributed by atoms with Crippen molar-refractivity contribution < 1.29 is 13.9 Å². The van der Waals surface area contributed by atoms with E-state index in [2.05, 4.69) is 5.32 Å². The Morgan fingerprint density at radius 3 is 3.00 bits per heavy atom. The van der Waals surface area contributed by atoms with Gasteiger partial charge in [0.1, 0.15) is 11.5 Å². The number of carbonyl (C=O) groups is 1. The molecule has 2 aromatic rings. The zero-order chi connectivity index (χ0) is 14.7. The van der Waals surface area contributed by atoms with Crippen molar-refractivity contribution >= 4 is 5.91 Å². The monoisotopic (exact) mass is 285 g/mol. The van der Waals surface area contributed by atoms with Gasteiger partial charge in [-0.3, -0.25) is 4.79 Å². The second-order valence-corrected chi connectivity index (χ2v) is 5.37. The molecule has 0 spiro atoms. The van der Waals surface area contributed by atoms with E-state index >= 15 is 0 Å². The molecule has 0 radical (unpaired) electrons. The fourth-order valence-electron chi connectivity index (χ4n) is 2.83. The van der Waals surface area contributed by atoms with Crippen molar-refractivity contribution in [3.05, 3.63) is 53.5 Å². The molecule has 0 saturated heterocycles. The number of para-hydroxylation sites is 1. The van der Waals surface area contributed by atoms with Crippen molar-refractivity contribution in [1.82, 2.24) is 5.32 Å². The van der Waals surface area contributed by atoms with E-state index in [0.29, 0.717) is 5.75 Å². The van der Waals surface area contributed by atoms with Crippen LogP contribution in [0.3, 0.4) is 0 Å². The number of aryl methyl sites for hydroxylation is 2. The van der Waals surface area contributed by atoms with Gasteiger partial charge in [0.25, 0.3) is 5.91 Å². The van der Waals surface area contributed by atoms with Crippen LogP contribution in [-0.4, -0.2) is 12.5 Å². The average Bonchev–Trinajstić information content (AvgIpc) is 2.89. The van der Waals surface area contributed by atoms with Crippen molar-refractivity contribution in [3.63, 3.8) is 0 Å². The van der Waals surface area contributed by atoms with Gasteiger partial charge in [0.15, 0.2) is 6.61 Å². The number of fused-ring (bicyclic) bond motifs is 1. The predicted octanol–water partition coefficient (Wildman–Crippen LogP) is 3.16. The van der Waals surface area contributed by atoms with Gasteiger partial charge in [-0.2, -0.15) is 0 Å². The fourth-order valence-corrected chi connectivity index (χ4v) is 2.83. The predicted molar refractivity (Wildman–Crippen MR) is 79.2 cm³/mol. The van der Waals surface area contributed by atoms with E-state index in [0.717, 1.165) is 36.1 Å². The minimum atomic E-state index is -0.0997. The number of hydrogen-bond acceptors (Lipinski definition) is 3. The molecule has 3 rings (SSSR count). The highest BCUT2D eigenvalue weighted by molar-refractivity contribution is 5.78. The Labute approximate surface area is 124 Å². The zero-order valence-electron chi connectivity index (χ0n) is 12.1. The maximum Gasteiger partial charge on any atom is 0.258 e. The molecule has 1 amide bonds. The Bertz CT molecular complexity index is 618. The highest BCUT2D eigenvalue weighted by Crippen LogP contribution is 2.33. The number of rotatable bonds is 4. The van der Waals surface area contributed by atoms with Gasteiger partial charge in [0, 0.05) is 12.0 Å². The van der Waals surface area contributed by atoms with E-state index in [9.17, 15) is 4.79 Å². The summed E-state index contributed by atoms with van der Waals surface area (Å²) in [4.78, 5) is 12.1. The van der Waals surface area contributed by atoms with Crippen LogP contribution in [0.25, 0.3) is 0 Å². The molecule has 4 heteroatoms. The maximum atomic E-state index is 12.1. The van der Waals surface area contributed by atoms with E-state index in [1.165, 1.54) is 0 Å². The lowest BCUT2D eigenvalue weighted by molar-refractivity contribution is -0.124. The number of ether oxygens (including phenoxy) is 1. The van der Waals surface area contributed by atoms with Gasteiger partial charge < -0.3 is 14.5 Å². The molecule has 1 N–H and O–H groups in total. The van der Waals surface area contributed by atoms with Gasteiger partial charge in [0.05, 0.1) is 12.3 Å². The zero-order valence-corrected chi connectivity index (χ0v) is 12.1. The smallest absolute Gasteiger partial charge is 0.258 e. The highest BCUT2D eigenvalue weighted by Gasteiger charge is 2.26. The number of hydrogen-bond donors (Lipinski definition) is 1. The molecule has 110 valence electrons. The van der Waals surface area contributed by atoms with Gasteiger partial charge >= 0.3 is 0 Å². The summed E-state index contributed by atoms with van der Waals surface area (Å²) in [6, 6.07) is 9.40. The molecule has 0 saturated carbocycles. The normalized spacial score (nSPS) is 17.1. The van der Waals surface area contributed by atoms with Crippen LogP contribution in [0.2, 0.25) is 0 Å². The summed E-state index contributed by atoms with van der Waals surface area (Å²) in [6.45, 7) is 2.06. The third kappa shape index (κ3) is 3.10. The highest BCUT2D eigenvalue weighted by atomic mass is 16.5. The summed E-state index contributed by atoms with van der Waals surface area (Å²) >= 11 is 0. The first kappa shape index (κ1) is 13.7. The Balaban J connectivity index is 1.60. The summed E-state index contributed by atoms with van der Waals surface area (Å²) in [7, 11) is 0. The Kier molecular flexibility index (Phi) is 3.95. The molecule has 21 heavy (non-hydrogen) atoms. The molecule has 1 aromatic carbocycles. The molecular weight excluding hydrogens is 266 g/mol. The van der Waals surface area contributed by atoms with Crippen molar-refractivity contribution in [2.24, 2.45) is 0 Å². The van der Waals surface area contributed by atoms with Crippen LogP contribution in [0.4, 0.5) is 0 Å². The van der Waals surface area contributed by atoms with Gasteiger partial charge in [-0.15, -0.1) is 0 Å². The standard InChI is InChI=1S/C17H19NO3/c1-12-10-21-15-9-5-8-14(17(12)15)18-16(19)11-20-13-6-3-2-4-7-13/h2-4,6-7,10,14H,5,8-9,11H2,1H3,(H,18,19). The van der Waals surface area contributed by atoms with E-state index in [4.69, 9.17) is 9.15 Å². The van der Waals surface area contributed by atoms with Gasteiger partial charge in [-0.1, -0.05) is 18.2 Å². The first-order valence-corrected chi connectivity index (χ1v) is 7.28. The lowest BCUT2D eigenvalue weighted by Crippen LogP contribution is -2.34. The van der Waals surface area contributed by atoms with Gasteiger partial charge in [0.2, 0.25) is 0 Å². The van der Waals surface area contributed by atoms with Crippen LogP contribution in [0.15, 0.2) is 41.0 Å². The van der Waals surface area contributed by atoms with Crippen LogP contribution in [0.5, 0.6) is 5.75 Å². The largest absolute Gasteiger partial charge is 0.484 e. The molecular formula is C17H19NO3. The quantitative estimate of drug-likeness (QED) is 0.938. The lowest BCUT2D eigenvalue weighted by atomic mass is 9.91. The third-order valence-electron chi connectivity index (χ3n) is 3.80. The van der Waals surface area contributed by atoms with Crippen LogP contribution in [0, 0.1) is 6.92 Å². The molecule has 1 heterocycles. The van der Waals surface area contributed by atoms with Crippen LogP contribution in [0.1, 0.15) is 35.8 Å². The average molecular weight is 285 g/mol. The van der Waals surface area contributed by atoms with Crippen molar-refractivity contribution in [1.29, 1.82) is 0 Å². The number of nitrogens with one attached hydrogen (secondary N) is 1. The van der Waals surface area contributed by atoms with Gasteiger partial charge in [-0.05, 0) is 37.5 Å². The van der Waals surface area contributed by atoms with E-state index in [-0.39, 0.29) is 18.6 Å². The van der Waals surface area contributed by atoms with Gasteiger partial charge in [-0.25, -0.2) is 0 Å². The molecule has 1 aromatic heterocycles. The first-order valence-electron chi connectivity index (χ1n) is 7.28. The molecule has 1 unspecified atom stereocenters. The van der Waals surface area contributed by atoms with Crippen molar-refractivity contribution in [3.8, 4) is 5.75 Å².